The van der Waals surface area contributed by atoms with E-state index in [2.05, 4.69) is 4.74 Å². The molecule has 1 aliphatic rings. The fraction of sp³-hybridized carbons (Fsp3) is 0.600. The Morgan fingerprint density at radius 3 is 2.06 bits per heavy atom. The van der Waals surface area contributed by atoms with Gasteiger partial charge in [-0.25, -0.2) is 9.59 Å². The van der Waals surface area contributed by atoms with E-state index in [-0.39, 0.29) is 43.5 Å². The van der Waals surface area contributed by atoms with Crippen LogP contribution in [0.3, 0.4) is 0 Å². The molecule has 1 aromatic carbocycles. The number of alkyl halides is 6. The highest BCUT2D eigenvalue weighted by atomic mass is 35.5. The number of carbonyl (C=O) groups is 2. The number of hydrogen-bond donors (Lipinski definition) is 1. The molecule has 34 heavy (non-hydrogen) atoms. The monoisotopic (exact) mass is 520 g/mol. The van der Waals surface area contributed by atoms with Crippen LogP contribution in [0.4, 0.5) is 31.1 Å². The maximum atomic E-state index is 12.6. The highest BCUT2D eigenvalue weighted by Crippen LogP contribution is 2.37. The van der Waals surface area contributed by atoms with Crippen molar-refractivity contribution in [2.75, 3.05) is 26.2 Å². The minimum atomic E-state index is -5.79. The van der Waals surface area contributed by atoms with Crippen LogP contribution in [0.15, 0.2) is 12.1 Å². The van der Waals surface area contributed by atoms with Gasteiger partial charge in [-0.3, -0.25) is 4.90 Å². The van der Waals surface area contributed by atoms with E-state index in [9.17, 15) is 41.0 Å². The summed E-state index contributed by atoms with van der Waals surface area (Å²) in [5.74, 6) is -1.08. The van der Waals surface area contributed by atoms with Crippen LogP contribution in [0.5, 0.6) is 5.75 Å². The predicted molar refractivity (Wildman–Crippen MR) is 108 cm³/mol. The molecule has 1 aliphatic heterocycles. The van der Waals surface area contributed by atoms with Gasteiger partial charge in [-0.2, -0.15) is 26.3 Å². The third-order valence-electron chi connectivity index (χ3n) is 5.08. The molecular weight excluding hydrogens is 498 g/mol. The number of amides is 1. The van der Waals surface area contributed by atoms with Gasteiger partial charge in [-0.1, -0.05) is 23.7 Å². The van der Waals surface area contributed by atoms with E-state index in [1.165, 1.54) is 13.8 Å². The van der Waals surface area contributed by atoms with Gasteiger partial charge < -0.3 is 19.5 Å². The Bertz CT molecular complexity index is 900. The number of nitrogens with zero attached hydrogens (tertiary/aromatic N) is 2. The van der Waals surface area contributed by atoms with Gasteiger partial charge >= 0.3 is 24.4 Å². The third-order valence-corrected chi connectivity index (χ3v) is 5.55. The van der Waals surface area contributed by atoms with Crippen LogP contribution in [-0.4, -0.2) is 77.2 Å². The molecule has 0 atom stereocenters. The number of benzene rings is 1. The number of aryl methyl sites for hydroxylation is 1. The van der Waals surface area contributed by atoms with Gasteiger partial charge in [0.15, 0.2) is 5.60 Å². The molecule has 1 heterocycles. The van der Waals surface area contributed by atoms with Crippen molar-refractivity contribution in [2.45, 2.75) is 51.4 Å². The van der Waals surface area contributed by atoms with E-state index in [0.717, 1.165) is 4.90 Å². The van der Waals surface area contributed by atoms with Crippen LogP contribution in [0.25, 0.3) is 0 Å². The second-order valence-electron chi connectivity index (χ2n) is 8.21. The second kappa shape index (κ2) is 10.1. The summed E-state index contributed by atoms with van der Waals surface area (Å²) >= 11 is 6.32. The van der Waals surface area contributed by atoms with Crippen molar-refractivity contribution >= 4 is 23.7 Å². The number of ether oxygens (including phenoxy) is 2. The number of carboxylic acid groups (broad SMARTS) is 1. The number of carbonyl (C=O) groups excluding carboxylic acids is 1. The molecule has 0 spiro atoms. The number of hydrogen-bond acceptors (Lipinski definition) is 5. The molecule has 2 rings (SSSR count). The average molecular weight is 521 g/mol. The first-order valence-corrected chi connectivity index (χ1v) is 10.3. The van der Waals surface area contributed by atoms with Gasteiger partial charge in [0, 0.05) is 38.3 Å². The highest BCUT2D eigenvalue weighted by Gasteiger charge is 2.60. The first-order valence-electron chi connectivity index (χ1n) is 9.95. The molecule has 0 aliphatic carbocycles. The zero-order valence-corrected chi connectivity index (χ0v) is 19.1. The minimum absolute atomic E-state index is 0.102. The van der Waals surface area contributed by atoms with Crippen molar-refractivity contribution in [1.82, 2.24) is 9.80 Å². The maximum absolute atomic E-state index is 12.6. The summed E-state index contributed by atoms with van der Waals surface area (Å²) in [4.78, 5) is 25.9. The fourth-order valence-corrected chi connectivity index (χ4v) is 3.28. The predicted octanol–water partition coefficient (Wildman–Crippen LogP) is 4.64. The van der Waals surface area contributed by atoms with Gasteiger partial charge in [0.1, 0.15) is 5.75 Å². The summed E-state index contributed by atoms with van der Waals surface area (Å²) in [6, 6.07) is 3.37. The second-order valence-corrected chi connectivity index (χ2v) is 8.59. The molecular formula is C20H23ClF6N2O5. The van der Waals surface area contributed by atoms with E-state index < -0.39 is 36.1 Å². The lowest BCUT2D eigenvalue weighted by Gasteiger charge is -2.35. The zero-order valence-electron chi connectivity index (χ0n) is 18.4. The lowest BCUT2D eigenvalue weighted by Crippen LogP contribution is -2.52. The van der Waals surface area contributed by atoms with Crippen LogP contribution in [0.2, 0.25) is 5.02 Å². The molecule has 1 fully saturated rings. The molecule has 1 saturated heterocycles. The molecule has 0 radical (unpaired) electrons. The van der Waals surface area contributed by atoms with E-state index in [1.54, 1.807) is 24.0 Å². The van der Waals surface area contributed by atoms with Gasteiger partial charge in [-0.15, -0.1) is 0 Å². The molecule has 0 saturated carbocycles. The quantitative estimate of drug-likeness (QED) is 0.551. The van der Waals surface area contributed by atoms with Crippen molar-refractivity contribution in [3.05, 3.63) is 28.3 Å². The summed E-state index contributed by atoms with van der Waals surface area (Å²) in [6.45, 7) is 4.41. The Kier molecular flexibility index (Phi) is 8.24. The van der Waals surface area contributed by atoms with Gasteiger partial charge in [-0.05, 0) is 26.3 Å². The van der Waals surface area contributed by atoms with Gasteiger partial charge in [0.2, 0.25) is 0 Å². The van der Waals surface area contributed by atoms with Crippen LogP contribution in [0.1, 0.15) is 25.0 Å². The van der Waals surface area contributed by atoms with Gasteiger partial charge in [0.05, 0.1) is 5.02 Å². The van der Waals surface area contributed by atoms with Crippen molar-refractivity contribution in [1.29, 1.82) is 0 Å². The largest absolute Gasteiger partial charge is 0.478 e. The third kappa shape index (κ3) is 6.81. The van der Waals surface area contributed by atoms with Crippen molar-refractivity contribution in [3.8, 4) is 5.75 Å². The Hall–Kier alpha value is -2.41. The lowest BCUT2D eigenvalue weighted by molar-refractivity contribution is -0.308. The fourth-order valence-electron chi connectivity index (χ4n) is 3.05. The molecule has 7 nitrogen and oxygen atoms in total. The summed E-state index contributed by atoms with van der Waals surface area (Å²) in [7, 11) is 0. The molecule has 1 amide bonds. The lowest BCUT2D eigenvalue weighted by atomic mass is 10.1. The van der Waals surface area contributed by atoms with Crippen LogP contribution in [-0.2, 0) is 16.1 Å². The Morgan fingerprint density at radius 2 is 1.59 bits per heavy atom. The first-order chi connectivity index (χ1) is 15.4. The molecule has 192 valence electrons. The van der Waals surface area contributed by atoms with Crippen LogP contribution >= 0.6 is 11.6 Å². The highest BCUT2D eigenvalue weighted by molar-refractivity contribution is 6.33. The van der Waals surface area contributed by atoms with E-state index >= 15 is 0 Å². The molecule has 14 heteroatoms. The van der Waals surface area contributed by atoms with Crippen LogP contribution < -0.4 is 4.74 Å². The number of aliphatic carboxylic acids is 1. The maximum Gasteiger partial charge on any atom is 0.434 e. The SMILES string of the molecule is Cc1ccc(CN2CCN(C(=O)OC(C(F)(F)F)C(F)(F)F)CC2)c(OC(C)(C)C(=O)O)c1Cl. The Balaban J connectivity index is 2.08. The van der Waals surface area contributed by atoms with Crippen molar-refractivity contribution in [3.63, 3.8) is 0 Å². The summed E-state index contributed by atoms with van der Waals surface area (Å²) in [5.41, 5.74) is -0.435. The smallest absolute Gasteiger partial charge is 0.434 e. The number of carboxylic acids is 1. The number of rotatable bonds is 6. The molecule has 0 bridgehead atoms. The van der Waals surface area contributed by atoms with E-state index in [0.29, 0.717) is 11.1 Å². The minimum Gasteiger partial charge on any atom is -0.478 e. The number of piperazine rings is 1. The van der Waals surface area contributed by atoms with Gasteiger partial charge in [0.25, 0.3) is 6.10 Å². The summed E-state index contributed by atoms with van der Waals surface area (Å²) in [6.07, 6.45) is -17.5. The van der Waals surface area contributed by atoms with E-state index in [1.807, 2.05) is 0 Å². The molecule has 0 aromatic heterocycles. The summed E-state index contributed by atoms with van der Waals surface area (Å²) in [5, 5.41) is 9.56. The first kappa shape index (κ1) is 27.8. The van der Waals surface area contributed by atoms with Crippen LogP contribution in [0, 0.1) is 6.92 Å². The van der Waals surface area contributed by atoms with Crippen molar-refractivity contribution in [2.24, 2.45) is 0 Å². The number of halogens is 7. The average Bonchev–Trinajstić information content (AvgIpc) is 2.70. The van der Waals surface area contributed by atoms with E-state index in [4.69, 9.17) is 16.3 Å². The Morgan fingerprint density at radius 1 is 1.06 bits per heavy atom. The summed E-state index contributed by atoms with van der Waals surface area (Å²) < 4.78 is 85.2. The molecule has 1 aromatic rings. The normalized spacial score (nSPS) is 16.0. The standard InChI is InChI=1S/C20H23ClF6N2O5/c1-11-4-5-12(14(13(11)21)34-18(2,3)16(30)31)10-28-6-8-29(9-7-28)17(32)33-15(19(22,23)24)20(25,26)27/h4-5,15H,6-10H2,1-3H3,(H,30,31). The molecule has 0 unspecified atom stereocenters. The Labute approximate surface area is 196 Å². The molecule has 1 N–H and O–H groups in total. The van der Waals surface area contributed by atoms with Crippen molar-refractivity contribution < 1.29 is 50.5 Å². The topological polar surface area (TPSA) is 79.3 Å². The zero-order chi connectivity index (χ0) is 26.1.